The molecule has 1 aromatic heterocycles. The first kappa shape index (κ1) is 11.3. The van der Waals surface area contributed by atoms with E-state index in [4.69, 9.17) is 15.2 Å². The molecule has 1 aliphatic heterocycles. The zero-order valence-electron chi connectivity index (χ0n) is 10.4. The normalized spacial score (nSPS) is 20.2. The highest BCUT2D eigenvalue weighted by Gasteiger charge is 2.17. The van der Waals surface area contributed by atoms with Gasteiger partial charge in [0, 0.05) is 18.2 Å². The van der Waals surface area contributed by atoms with Crippen molar-refractivity contribution in [3.05, 3.63) is 18.3 Å². The van der Waals surface area contributed by atoms with Crippen molar-refractivity contribution in [3.8, 4) is 5.75 Å². The summed E-state index contributed by atoms with van der Waals surface area (Å²) < 4.78 is 12.8. The van der Waals surface area contributed by atoms with Gasteiger partial charge in [-0.3, -0.25) is 0 Å². The fourth-order valence-corrected chi connectivity index (χ4v) is 2.34. The van der Waals surface area contributed by atoms with Crippen molar-refractivity contribution >= 4 is 16.6 Å². The summed E-state index contributed by atoms with van der Waals surface area (Å²) in [5.74, 6) is 0.687. The van der Waals surface area contributed by atoms with Crippen LogP contribution in [0.5, 0.6) is 5.75 Å². The lowest BCUT2D eigenvalue weighted by Gasteiger charge is -2.22. The van der Waals surface area contributed by atoms with Crippen molar-refractivity contribution in [2.75, 3.05) is 19.5 Å². The number of anilines is 1. The highest BCUT2D eigenvalue weighted by Crippen LogP contribution is 2.29. The average molecular weight is 247 g/mol. The van der Waals surface area contributed by atoms with Crippen LogP contribution in [0.15, 0.2) is 18.3 Å². The Labute approximate surface area is 105 Å². The third kappa shape index (κ3) is 1.90. The Balaban J connectivity index is 1.99. The van der Waals surface area contributed by atoms with Crippen molar-refractivity contribution in [1.82, 2.24) is 9.78 Å². The van der Waals surface area contributed by atoms with Gasteiger partial charge >= 0.3 is 0 Å². The monoisotopic (exact) mass is 247 g/mol. The average Bonchev–Trinajstić information content (AvgIpc) is 2.81. The van der Waals surface area contributed by atoms with Crippen LogP contribution in [-0.4, -0.2) is 23.5 Å². The molecule has 0 spiro atoms. The number of nitrogens with zero attached hydrogens (tertiary/aromatic N) is 2. The second-order valence-electron chi connectivity index (χ2n) is 4.58. The summed E-state index contributed by atoms with van der Waals surface area (Å²) in [4.78, 5) is 0. The van der Waals surface area contributed by atoms with Gasteiger partial charge in [0.05, 0.1) is 18.3 Å². The molecular weight excluding hydrogens is 230 g/mol. The molecule has 1 aliphatic rings. The minimum absolute atomic E-state index is 0.0540. The summed E-state index contributed by atoms with van der Waals surface area (Å²) in [5, 5.41) is 5.55. The van der Waals surface area contributed by atoms with Crippen LogP contribution < -0.4 is 10.5 Å². The van der Waals surface area contributed by atoms with Crippen LogP contribution in [0.2, 0.25) is 0 Å². The number of nitrogens with two attached hydrogens (primary N) is 1. The van der Waals surface area contributed by atoms with Crippen molar-refractivity contribution < 1.29 is 9.47 Å². The number of hydrogen-bond acceptors (Lipinski definition) is 4. The minimum atomic E-state index is 0.0540. The van der Waals surface area contributed by atoms with Crippen LogP contribution in [0.25, 0.3) is 10.9 Å². The summed E-state index contributed by atoms with van der Waals surface area (Å²) in [7, 11) is 1.62. The van der Waals surface area contributed by atoms with Crippen LogP contribution >= 0.6 is 0 Å². The van der Waals surface area contributed by atoms with Crippen LogP contribution in [0.4, 0.5) is 5.69 Å². The van der Waals surface area contributed by atoms with Gasteiger partial charge in [-0.1, -0.05) is 0 Å². The minimum Gasteiger partial charge on any atom is -0.495 e. The molecular formula is C13H17N3O2. The molecule has 2 N–H and O–H groups in total. The molecule has 2 aromatic rings. The Morgan fingerprint density at radius 1 is 1.44 bits per heavy atom. The van der Waals surface area contributed by atoms with E-state index in [2.05, 4.69) is 5.10 Å². The smallest absolute Gasteiger partial charge is 0.150 e. The van der Waals surface area contributed by atoms with Crippen molar-refractivity contribution in [1.29, 1.82) is 0 Å². The Morgan fingerprint density at radius 3 is 3.06 bits per heavy atom. The van der Waals surface area contributed by atoms with Gasteiger partial charge in [-0.05, 0) is 31.4 Å². The molecule has 18 heavy (non-hydrogen) atoms. The first-order valence-electron chi connectivity index (χ1n) is 6.22. The quantitative estimate of drug-likeness (QED) is 0.827. The van der Waals surface area contributed by atoms with Gasteiger partial charge in [0.15, 0.2) is 0 Å². The number of methoxy groups -OCH3 is 1. The van der Waals surface area contributed by atoms with Crippen molar-refractivity contribution in [3.63, 3.8) is 0 Å². The number of fused-ring (bicyclic) bond motifs is 1. The number of ether oxygens (including phenoxy) is 2. The molecule has 1 aromatic carbocycles. The summed E-state index contributed by atoms with van der Waals surface area (Å²) in [6.07, 6.45) is 5.39. The fourth-order valence-electron chi connectivity index (χ4n) is 2.34. The molecule has 1 unspecified atom stereocenters. The lowest BCUT2D eigenvalue weighted by molar-refractivity contribution is -0.0390. The Bertz CT molecular complexity index is 559. The Hall–Kier alpha value is -1.75. The molecule has 1 atom stereocenters. The second-order valence-corrected chi connectivity index (χ2v) is 4.58. The Kier molecular flexibility index (Phi) is 2.83. The predicted molar refractivity (Wildman–Crippen MR) is 69.5 cm³/mol. The van der Waals surface area contributed by atoms with E-state index in [1.807, 2.05) is 23.0 Å². The van der Waals surface area contributed by atoms with Gasteiger partial charge < -0.3 is 15.2 Å². The van der Waals surface area contributed by atoms with Crippen molar-refractivity contribution in [2.24, 2.45) is 0 Å². The SMILES string of the molecule is COc1cc2cn(C3CCCCO3)nc2cc1N. The first-order chi connectivity index (χ1) is 8.78. The number of hydrogen-bond donors (Lipinski definition) is 1. The van der Waals surface area contributed by atoms with E-state index in [1.54, 1.807) is 7.11 Å². The van der Waals surface area contributed by atoms with Gasteiger partial charge in [-0.2, -0.15) is 5.10 Å². The third-order valence-corrected chi connectivity index (χ3v) is 3.32. The highest BCUT2D eigenvalue weighted by molar-refractivity contribution is 5.84. The summed E-state index contributed by atoms with van der Waals surface area (Å²) in [5.41, 5.74) is 7.37. The lowest BCUT2D eigenvalue weighted by Crippen LogP contribution is -2.18. The molecule has 2 heterocycles. The van der Waals surface area contributed by atoms with Gasteiger partial charge in [-0.25, -0.2) is 4.68 Å². The maximum atomic E-state index is 5.88. The molecule has 3 rings (SSSR count). The molecule has 0 saturated carbocycles. The molecule has 0 amide bonds. The van der Waals surface area contributed by atoms with E-state index in [1.165, 1.54) is 6.42 Å². The maximum absolute atomic E-state index is 5.88. The molecule has 0 aliphatic carbocycles. The van der Waals surface area contributed by atoms with E-state index in [9.17, 15) is 0 Å². The van der Waals surface area contributed by atoms with E-state index >= 15 is 0 Å². The molecule has 1 fully saturated rings. The van der Waals surface area contributed by atoms with Crippen molar-refractivity contribution in [2.45, 2.75) is 25.5 Å². The summed E-state index contributed by atoms with van der Waals surface area (Å²) >= 11 is 0. The highest BCUT2D eigenvalue weighted by atomic mass is 16.5. The topological polar surface area (TPSA) is 62.3 Å². The standard InChI is InChI=1S/C13H17N3O2/c1-17-12-6-9-8-16(13-4-2-3-5-18-13)15-11(9)7-10(12)14/h6-8,13H,2-5,14H2,1H3. The third-order valence-electron chi connectivity index (χ3n) is 3.32. The van der Waals surface area contributed by atoms with Gasteiger partial charge in [0.2, 0.25) is 0 Å². The molecule has 96 valence electrons. The van der Waals surface area contributed by atoms with Gasteiger partial charge in [0.1, 0.15) is 12.0 Å². The van der Waals surface area contributed by atoms with Crippen LogP contribution in [0.3, 0.4) is 0 Å². The predicted octanol–water partition coefficient (Wildman–Crippen LogP) is 2.33. The van der Waals surface area contributed by atoms with E-state index in [0.717, 1.165) is 30.4 Å². The van der Waals surface area contributed by atoms with Gasteiger partial charge in [0.25, 0.3) is 0 Å². The van der Waals surface area contributed by atoms with Gasteiger partial charge in [-0.15, -0.1) is 0 Å². The molecule has 0 radical (unpaired) electrons. The molecule has 0 bridgehead atoms. The zero-order valence-corrected chi connectivity index (χ0v) is 10.4. The van der Waals surface area contributed by atoms with Crippen LogP contribution in [0.1, 0.15) is 25.5 Å². The second kappa shape index (κ2) is 4.49. The van der Waals surface area contributed by atoms with E-state index in [0.29, 0.717) is 11.4 Å². The zero-order chi connectivity index (χ0) is 12.5. The van der Waals surface area contributed by atoms with Crippen LogP contribution in [-0.2, 0) is 4.74 Å². The maximum Gasteiger partial charge on any atom is 0.150 e. The lowest BCUT2D eigenvalue weighted by atomic mass is 10.2. The van der Waals surface area contributed by atoms with E-state index in [-0.39, 0.29) is 6.23 Å². The Morgan fingerprint density at radius 2 is 2.33 bits per heavy atom. The fraction of sp³-hybridized carbons (Fsp3) is 0.462. The summed E-state index contributed by atoms with van der Waals surface area (Å²) in [6.45, 7) is 0.812. The summed E-state index contributed by atoms with van der Waals surface area (Å²) in [6, 6.07) is 3.75. The first-order valence-corrected chi connectivity index (χ1v) is 6.22. The molecule has 1 saturated heterocycles. The number of rotatable bonds is 2. The van der Waals surface area contributed by atoms with E-state index < -0.39 is 0 Å². The van der Waals surface area contributed by atoms with Crippen LogP contribution in [0, 0.1) is 0 Å². The number of aromatic nitrogens is 2. The molecule has 5 nitrogen and oxygen atoms in total. The number of benzene rings is 1. The number of nitrogen functional groups attached to an aromatic ring is 1. The molecule has 5 heteroatoms. The largest absolute Gasteiger partial charge is 0.495 e.